The van der Waals surface area contributed by atoms with Crippen molar-refractivity contribution in [3.8, 4) is 0 Å². The van der Waals surface area contributed by atoms with Crippen LogP contribution in [0.2, 0.25) is 0 Å². The third-order valence-electron chi connectivity index (χ3n) is 8.29. The summed E-state index contributed by atoms with van der Waals surface area (Å²) in [5, 5.41) is 0. The van der Waals surface area contributed by atoms with Gasteiger partial charge in [-0.2, -0.15) is 0 Å². The molecule has 0 aromatic heterocycles. The van der Waals surface area contributed by atoms with Gasteiger partial charge in [-0.25, -0.2) is 0 Å². The minimum absolute atomic E-state index is 0.624. The average Bonchev–Trinajstić information content (AvgIpc) is 2.61. The number of hydrogen-bond donors (Lipinski definition) is 0. The van der Waals surface area contributed by atoms with Gasteiger partial charge in [0.1, 0.15) is 0 Å². The fourth-order valence-electron chi connectivity index (χ4n) is 7.19. The van der Waals surface area contributed by atoms with Gasteiger partial charge in [0.25, 0.3) is 0 Å². The summed E-state index contributed by atoms with van der Waals surface area (Å²) >= 11 is 0. The van der Waals surface area contributed by atoms with Gasteiger partial charge in [-0.1, -0.05) is 66.2 Å². The molecule has 0 amide bonds. The highest BCUT2D eigenvalue weighted by atomic mass is 14.6. The Morgan fingerprint density at radius 3 is 1.00 bits per heavy atom. The predicted molar refractivity (Wildman–Crippen MR) is 99.2 cm³/mol. The van der Waals surface area contributed by atoms with E-state index in [1.54, 1.807) is 0 Å². The van der Waals surface area contributed by atoms with Crippen LogP contribution in [0.3, 0.4) is 0 Å². The topological polar surface area (TPSA) is 0 Å². The standard InChI is InChI=1S/C22H42/c1-5-21(6-2,19-15-11-9-12-16-19)22(7-3,8-4)20-17-13-10-14-18-20/h19-20H,5-18H2,1-4H3. The molecule has 130 valence electrons. The van der Waals surface area contributed by atoms with Gasteiger partial charge in [0.05, 0.1) is 0 Å². The molecule has 0 spiro atoms. The van der Waals surface area contributed by atoms with Crippen LogP contribution in [0.4, 0.5) is 0 Å². The SMILES string of the molecule is CCC(CC)(C1CCCCC1)C(CC)(CC)C1CCCCC1. The maximum Gasteiger partial charge on any atom is -0.0215 e. The molecule has 0 bridgehead atoms. The monoisotopic (exact) mass is 306 g/mol. The first-order valence-corrected chi connectivity index (χ1v) is 10.7. The van der Waals surface area contributed by atoms with Crippen LogP contribution in [-0.4, -0.2) is 0 Å². The van der Waals surface area contributed by atoms with Crippen molar-refractivity contribution >= 4 is 0 Å². The van der Waals surface area contributed by atoms with E-state index < -0.39 is 0 Å². The van der Waals surface area contributed by atoms with Crippen LogP contribution in [0.5, 0.6) is 0 Å². The Hall–Kier alpha value is 0. The first-order chi connectivity index (χ1) is 10.7. The summed E-state index contributed by atoms with van der Waals surface area (Å²) in [5.74, 6) is 2.02. The molecule has 2 aliphatic rings. The van der Waals surface area contributed by atoms with Crippen molar-refractivity contribution in [3.63, 3.8) is 0 Å². The lowest BCUT2D eigenvalue weighted by Crippen LogP contribution is -2.51. The Morgan fingerprint density at radius 1 is 0.500 bits per heavy atom. The highest BCUT2D eigenvalue weighted by molar-refractivity contribution is 5.03. The van der Waals surface area contributed by atoms with E-state index in [-0.39, 0.29) is 0 Å². The molecule has 2 rings (SSSR count). The van der Waals surface area contributed by atoms with Crippen molar-refractivity contribution in [3.05, 3.63) is 0 Å². The maximum absolute atomic E-state index is 2.53. The zero-order valence-electron chi connectivity index (χ0n) is 16.1. The van der Waals surface area contributed by atoms with Crippen LogP contribution < -0.4 is 0 Å². The van der Waals surface area contributed by atoms with Gasteiger partial charge in [0, 0.05) is 0 Å². The fourth-order valence-corrected chi connectivity index (χ4v) is 7.19. The highest BCUT2D eigenvalue weighted by Gasteiger charge is 2.54. The smallest absolute Gasteiger partial charge is 0.0215 e. The summed E-state index contributed by atoms with van der Waals surface area (Å²) in [6.45, 7) is 10.1. The van der Waals surface area contributed by atoms with Crippen LogP contribution in [0, 0.1) is 22.7 Å². The largest absolute Gasteiger partial charge is 0.0648 e. The molecule has 0 nitrogen and oxygen atoms in total. The van der Waals surface area contributed by atoms with Gasteiger partial charge in [0.2, 0.25) is 0 Å². The van der Waals surface area contributed by atoms with Crippen molar-refractivity contribution in [1.82, 2.24) is 0 Å². The molecule has 0 aromatic rings. The Labute approximate surface area is 140 Å². The molecule has 0 heterocycles. The van der Waals surface area contributed by atoms with Gasteiger partial charge >= 0.3 is 0 Å². The molecule has 2 saturated carbocycles. The highest BCUT2D eigenvalue weighted by Crippen LogP contribution is 2.63. The van der Waals surface area contributed by atoms with Crippen LogP contribution in [0.15, 0.2) is 0 Å². The zero-order chi connectivity index (χ0) is 16.1. The van der Waals surface area contributed by atoms with E-state index in [4.69, 9.17) is 0 Å². The maximum atomic E-state index is 2.53. The van der Waals surface area contributed by atoms with Crippen LogP contribution in [0.25, 0.3) is 0 Å². The van der Waals surface area contributed by atoms with E-state index in [1.807, 2.05) is 0 Å². The molecule has 0 heteroatoms. The molecule has 0 saturated heterocycles. The molecule has 0 radical (unpaired) electrons. The molecule has 0 aromatic carbocycles. The number of hydrogen-bond acceptors (Lipinski definition) is 0. The van der Waals surface area contributed by atoms with Crippen molar-refractivity contribution in [2.75, 3.05) is 0 Å². The molecule has 2 fully saturated rings. The molecular weight excluding hydrogens is 264 g/mol. The summed E-state index contributed by atoms with van der Waals surface area (Å²) in [7, 11) is 0. The normalized spacial score (nSPS) is 22.9. The quantitative estimate of drug-likeness (QED) is 0.451. The van der Waals surface area contributed by atoms with Crippen molar-refractivity contribution in [2.45, 2.75) is 118 Å². The van der Waals surface area contributed by atoms with Crippen LogP contribution in [-0.2, 0) is 0 Å². The summed E-state index contributed by atoms with van der Waals surface area (Å²) in [4.78, 5) is 0. The van der Waals surface area contributed by atoms with E-state index in [0.717, 1.165) is 11.8 Å². The molecule has 0 atom stereocenters. The molecular formula is C22H42. The first kappa shape index (κ1) is 18.3. The second-order valence-electron chi connectivity index (χ2n) is 8.40. The summed E-state index contributed by atoms with van der Waals surface area (Å²) in [5.41, 5.74) is 1.25. The third-order valence-corrected chi connectivity index (χ3v) is 8.29. The lowest BCUT2D eigenvalue weighted by Gasteiger charge is -2.59. The minimum Gasteiger partial charge on any atom is -0.0648 e. The molecule has 22 heavy (non-hydrogen) atoms. The molecule has 0 unspecified atom stereocenters. The van der Waals surface area contributed by atoms with Crippen LogP contribution >= 0.6 is 0 Å². The Balaban J connectivity index is 2.38. The van der Waals surface area contributed by atoms with Crippen LogP contribution in [0.1, 0.15) is 118 Å². The number of rotatable bonds is 7. The second-order valence-corrected chi connectivity index (χ2v) is 8.40. The first-order valence-electron chi connectivity index (χ1n) is 10.7. The molecule has 0 aliphatic heterocycles. The lowest BCUT2D eigenvalue weighted by atomic mass is 9.45. The summed E-state index contributed by atoms with van der Waals surface area (Å²) in [6.07, 6.45) is 20.8. The Morgan fingerprint density at radius 2 is 0.773 bits per heavy atom. The van der Waals surface area contributed by atoms with Gasteiger partial charge in [0.15, 0.2) is 0 Å². The summed E-state index contributed by atoms with van der Waals surface area (Å²) < 4.78 is 0. The van der Waals surface area contributed by atoms with E-state index >= 15 is 0 Å². The van der Waals surface area contributed by atoms with E-state index in [0.29, 0.717) is 10.8 Å². The minimum atomic E-state index is 0.624. The van der Waals surface area contributed by atoms with Gasteiger partial charge in [-0.15, -0.1) is 0 Å². The summed E-state index contributed by atoms with van der Waals surface area (Å²) in [6, 6.07) is 0. The molecule has 2 aliphatic carbocycles. The average molecular weight is 307 g/mol. The van der Waals surface area contributed by atoms with Crippen molar-refractivity contribution < 1.29 is 0 Å². The lowest BCUT2D eigenvalue weighted by molar-refractivity contribution is -0.103. The third kappa shape index (κ3) is 3.01. The van der Waals surface area contributed by atoms with E-state index in [2.05, 4.69) is 27.7 Å². The zero-order valence-corrected chi connectivity index (χ0v) is 16.1. The second kappa shape index (κ2) is 8.20. The van der Waals surface area contributed by atoms with Gasteiger partial charge in [-0.3, -0.25) is 0 Å². The van der Waals surface area contributed by atoms with Crippen molar-refractivity contribution in [2.24, 2.45) is 22.7 Å². The Kier molecular flexibility index (Phi) is 6.84. The van der Waals surface area contributed by atoms with E-state index in [1.165, 1.54) is 89.9 Å². The van der Waals surface area contributed by atoms with E-state index in [9.17, 15) is 0 Å². The Bertz CT molecular complexity index is 264. The predicted octanol–water partition coefficient (Wildman–Crippen LogP) is 7.76. The van der Waals surface area contributed by atoms with Gasteiger partial charge in [-0.05, 0) is 74.0 Å². The fraction of sp³-hybridized carbons (Fsp3) is 1.00. The van der Waals surface area contributed by atoms with Crippen molar-refractivity contribution in [1.29, 1.82) is 0 Å². The molecule has 0 N–H and O–H groups in total. The van der Waals surface area contributed by atoms with Gasteiger partial charge < -0.3 is 0 Å².